The van der Waals surface area contributed by atoms with Crippen LogP contribution in [0, 0.1) is 5.82 Å². The summed E-state index contributed by atoms with van der Waals surface area (Å²) < 4.78 is 52.6. The first-order chi connectivity index (χ1) is 15.3. The highest BCUT2D eigenvalue weighted by Crippen LogP contribution is 2.40. The van der Waals surface area contributed by atoms with Gasteiger partial charge in [0.1, 0.15) is 17.3 Å². The molecule has 1 heterocycles. The minimum Gasteiger partial charge on any atom is -0.497 e. The second-order valence-corrected chi connectivity index (χ2v) is 9.43. The Bertz CT molecular complexity index is 1090. The monoisotopic (exact) mass is 464 g/mol. The number of sulfonamides is 1. The minimum atomic E-state index is -3.82. The van der Waals surface area contributed by atoms with E-state index in [1.165, 1.54) is 10.4 Å². The maximum atomic E-state index is 14.7. The first-order valence-corrected chi connectivity index (χ1v) is 12.0. The smallest absolute Gasteiger partial charge is 0.257 e. The zero-order valence-corrected chi connectivity index (χ0v) is 19.6. The highest BCUT2D eigenvalue weighted by molar-refractivity contribution is 7.89. The van der Waals surface area contributed by atoms with Crippen LogP contribution in [0.25, 0.3) is 0 Å². The van der Waals surface area contributed by atoms with E-state index in [0.717, 1.165) is 24.1 Å². The lowest BCUT2D eigenvalue weighted by atomic mass is 10.0. The second-order valence-electron chi connectivity index (χ2n) is 7.50. The summed E-state index contributed by atoms with van der Waals surface area (Å²) in [4.78, 5) is 14.9. The van der Waals surface area contributed by atoms with Gasteiger partial charge in [-0.25, -0.2) is 12.8 Å². The van der Waals surface area contributed by atoms with E-state index in [0.29, 0.717) is 24.5 Å². The molecule has 0 N–H and O–H groups in total. The number of hydrogen-bond acceptors (Lipinski definition) is 5. The van der Waals surface area contributed by atoms with Gasteiger partial charge in [0, 0.05) is 25.2 Å². The van der Waals surface area contributed by atoms with Gasteiger partial charge in [0.25, 0.3) is 5.91 Å². The van der Waals surface area contributed by atoms with Crippen LogP contribution in [0.5, 0.6) is 11.5 Å². The molecule has 0 aliphatic carbocycles. The molecule has 1 unspecified atom stereocenters. The zero-order valence-electron chi connectivity index (χ0n) is 18.8. The number of ether oxygens (including phenoxy) is 2. The third-order valence-corrected chi connectivity index (χ3v) is 7.87. The molecule has 1 saturated heterocycles. The van der Waals surface area contributed by atoms with Crippen LogP contribution in [0.2, 0.25) is 0 Å². The summed E-state index contributed by atoms with van der Waals surface area (Å²) in [5, 5.41) is 0. The molecule has 1 aliphatic heterocycles. The lowest BCUT2D eigenvalue weighted by molar-refractivity contribution is 0.0729. The number of nitrogens with zero attached hydrogens (tertiary/aromatic N) is 2. The number of benzene rings is 2. The van der Waals surface area contributed by atoms with Crippen molar-refractivity contribution in [2.45, 2.75) is 37.6 Å². The molecule has 32 heavy (non-hydrogen) atoms. The van der Waals surface area contributed by atoms with E-state index in [-0.39, 0.29) is 29.6 Å². The first-order valence-electron chi connectivity index (χ1n) is 10.6. The van der Waals surface area contributed by atoms with Crippen LogP contribution in [-0.4, -0.2) is 57.4 Å². The van der Waals surface area contributed by atoms with E-state index in [1.807, 2.05) is 6.07 Å². The molecule has 1 aliphatic rings. The van der Waals surface area contributed by atoms with E-state index in [9.17, 15) is 17.6 Å². The average Bonchev–Trinajstić information content (AvgIpc) is 3.28. The SMILES string of the molecule is CCN(CC)S(=O)(=O)c1ccc(F)c(C(=O)N2CCCC2c2cc(OC)ccc2OC)c1. The van der Waals surface area contributed by atoms with Crippen molar-refractivity contribution in [2.75, 3.05) is 33.9 Å². The largest absolute Gasteiger partial charge is 0.497 e. The van der Waals surface area contributed by atoms with Gasteiger partial charge in [0.2, 0.25) is 10.0 Å². The van der Waals surface area contributed by atoms with Crippen LogP contribution in [0.15, 0.2) is 41.3 Å². The summed E-state index contributed by atoms with van der Waals surface area (Å²) in [7, 11) is -0.718. The van der Waals surface area contributed by atoms with Gasteiger partial charge >= 0.3 is 0 Å². The number of amides is 1. The van der Waals surface area contributed by atoms with E-state index in [1.54, 1.807) is 45.1 Å². The van der Waals surface area contributed by atoms with Gasteiger partial charge in [-0.3, -0.25) is 4.79 Å². The van der Waals surface area contributed by atoms with Gasteiger partial charge in [-0.2, -0.15) is 4.31 Å². The van der Waals surface area contributed by atoms with Crippen molar-refractivity contribution in [3.05, 3.63) is 53.3 Å². The topological polar surface area (TPSA) is 76.2 Å². The van der Waals surface area contributed by atoms with Crippen molar-refractivity contribution in [2.24, 2.45) is 0 Å². The van der Waals surface area contributed by atoms with Crippen LogP contribution in [0.4, 0.5) is 4.39 Å². The van der Waals surface area contributed by atoms with Gasteiger partial charge < -0.3 is 14.4 Å². The van der Waals surface area contributed by atoms with Crippen molar-refractivity contribution < 1.29 is 27.1 Å². The molecular weight excluding hydrogens is 435 g/mol. The van der Waals surface area contributed by atoms with E-state index in [2.05, 4.69) is 0 Å². The lowest BCUT2D eigenvalue weighted by Gasteiger charge is -2.27. The predicted molar refractivity (Wildman–Crippen MR) is 119 cm³/mol. The van der Waals surface area contributed by atoms with E-state index >= 15 is 0 Å². The molecule has 0 saturated carbocycles. The quantitative estimate of drug-likeness (QED) is 0.593. The van der Waals surface area contributed by atoms with Gasteiger partial charge in [-0.1, -0.05) is 13.8 Å². The van der Waals surface area contributed by atoms with Crippen molar-refractivity contribution in [1.29, 1.82) is 0 Å². The molecule has 174 valence electrons. The van der Waals surface area contributed by atoms with Crippen LogP contribution >= 0.6 is 0 Å². The minimum absolute atomic E-state index is 0.0966. The number of carbonyl (C=O) groups excluding carboxylic acids is 1. The first kappa shape index (κ1) is 24.0. The normalized spacial score (nSPS) is 16.4. The molecule has 2 aromatic rings. The number of carbonyl (C=O) groups is 1. The number of likely N-dealkylation sites (tertiary alicyclic amines) is 1. The van der Waals surface area contributed by atoms with E-state index < -0.39 is 21.7 Å². The van der Waals surface area contributed by atoms with Crippen LogP contribution < -0.4 is 9.47 Å². The maximum Gasteiger partial charge on any atom is 0.257 e. The number of rotatable bonds is 8. The van der Waals surface area contributed by atoms with Crippen LogP contribution in [0.3, 0.4) is 0 Å². The third-order valence-electron chi connectivity index (χ3n) is 5.82. The van der Waals surface area contributed by atoms with Gasteiger partial charge in [-0.15, -0.1) is 0 Å². The summed E-state index contributed by atoms with van der Waals surface area (Å²) in [6, 6.07) is 8.40. The summed E-state index contributed by atoms with van der Waals surface area (Å²) in [6.07, 6.45) is 1.41. The Morgan fingerprint density at radius 2 is 1.84 bits per heavy atom. The Hall–Kier alpha value is -2.65. The molecule has 2 aromatic carbocycles. The van der Waals surface area contributed by atoms with Crippen molar-refractivity contribution >= 4 is 15.9 Å². The summed E-state index contributed by atoms with van der Waals surface area (Å²) in [5.74, 6) is -0.0735. The fourth-order valence-corrected chi connectivity index (χ4v) is 5.61. The highest BCUT2D eigenvalue weighted by Gasteiger charge is 2.34. The van der Waals surface area contributed by atoms with Gasteiger partial charge in [0.05, 0.1) is 30.7 Å². The predicted octanol–water partition coefficient (Wildman–Crippen LogP) is 3.85. The molecule has 1 fully saturated rings. The molecule has 1 atom stereocenters. The third kappa shape index (κ3) is 4.45. The Kier molecular flexibility index (Phi) is 7.40. The summed E-state index contributed by atoms with van der Waals surface area (Å²) >= 11 is 0. The standard InChI is InChI=1S/C23H29FN2O5S/c1-5-25(6-2)32(28,29)17-10-11-20(24)18(15-17)23(27)26-13-7-8-21(26)19-14-16(30-3)9-12-22(19)31-4/h9-12,14-15,21H,5-8,13H2,1-4H3. The Morgan fingerprint density at radius 1 is 1.12 bits per heavy atom. The van der Waals surface area contributed by atoms with Crippen LogP contribution in [0.1, 0.15) is 48.7 Å². The second kappa shape index (κ2) is 9.87. The van der Waals surface area contributed by atoms with Gasteiger partial charge in [0.15, 0.2) is 0 Å². The molecule has 9 heteroatoms. The average molecular weight is 465 g/mol. The van der Waals surface area contributed by atoms with E-state index in [4.69, 9.17) is 9.47 Å². The summed E-state index contributed by atoms with van der Waals surface area (Å²) in [6.45, 7) is 4.45. The fourth-order valence-electron chi connectivity index (χ4n) is 4.13. The highest BCUT2D eigenvalue weighted by atomic mass is 32.2. The Balaban J connectivity index is 2.00. The molecule has 0 bridgehead atoms. The Labute approximate surface area is 188 Å². The van der Waals surface area contributed by atoms with Crippen molar-refractivity contribution in [3.8, 4) is 11.5 Å². The summed E-state index contributed by atoms with van der Waals surface area (Å²) in [5.41, 5.74) is 0.511. The Morgan fingerprint density at radius 3 is 2.47 bits per heavy atom. The fraction of sp³-hybridized carbons (Fsp3) is 0.435. The molecule has 0 spiro atoms. The molecule has 3 rings (SSSR count). The molecule has 0 radical (unpaired) electrons. The molecule has 0 aromatic heterocycles. The van der Waals surface area contributed by atoms with Gasteiger partial charge in [-0.05, 0) is 49.2 Å². The number of halogens is 1. The molecular formula is C23H29FN2O5S. The van der Waals surface area contributed by atoms with Crippen molar-refractivity contribution in [3.63, 3.8) is 0 Å². The number of methoxy groups -OCH3 is 2. The van der Waals surface area contributed by atoms with Crippen LogP contribution in [-0.2, 0) is 10.0 Å². The molecule has 7 nitrogen and oxygen atoms in total. The molecule has 1 amide bonds. The zero-order chi connectivity index (χ0) is 23.5. The van der Waals surface area contributed by atoms with Crippen molar-refractivity contribution in [1.82, 2.24) is 9.21 Å². The maximum absolute atomic E-state index is 14.7. The lowest BCUT2D eigenvalue weighted by Crippen LogP contribution is -2.33. The number of hydrogen-bond donors (Lipinski definition) is 0.